The molecule has 0 unspecified atom stereocenters. The third-order valence-electron chi connectivity index (χ3n) is 2.80. The molecule has 0 bridgehead atoms. The first-order chi connectivity index (χ1) is 9.92. The molecule has 2 rings (SSSR count). The molecule has 0 fully saturated rings. The molecule has 6 heteroatoms. The highest BCUT2D eigenvalue weighted by atomic mass is 79.9. The van der Waals surface area contributed by atoms with Crippen LogP contribution < -0.4 is 0 Å². The number of carbonyl (C=O) groups is 1. The van der Waals surface area contributed by atoms with Crippen molar-refractivity contribution in [3.8, 4) is 6.07 Å². The number of carboxylic acids is 1. The fourth-order valence-electron chi connectivity index (χ4n) is 1.87. The van der Waals surface area contributed by atoms with Gasteiger partial charge in [-0.1, -0.05) is 27.7 Å². The smallest absolute Gasteiger partial charge is 0.336 e. The van der Waals surface area contributed by atoms with Gasteiger partial charge in [0.2, 0.25) is 0 Å². The van der Waals surface area contributed by atoms with Gasteiger partial charge in [0.1, 0.15) is 11.1 Å². The molecule has 0 amide bonds. The number of hydrogen-bond acceptors (Lipinski definition) is 4. The van der Waals surface area contributed by atoms with Gasteiger partial charge in [0, 0.05) is 15.1 Å². The number of rotatable bonds is 3. The van der Waals surface area contributed by atoms with Crippen molar-refractivity contribution < 1.29 is 9.90 Å². The fraction of sp³-hybridized carbons (Fsp3) is 0.133. The number of nitrogens with zero attached hydrogens (tertiary/aromatic N) is 2. The van der Waals surface area contributed by atoms with Crippen molar-refractivity contribution in [3.05, 3.63) is 51.1 Å². The van der Waals surface area contributed by atoms with E-state index < -0.39 is 5.97 Å². The standard InChI is InChI=1S/C15H11BrN2O2S/c1-8-5-9(2)18-14(12(8)7-17)21-13-6-10(16)3-4-11(13)15(19)20/h3-6H,1-2H3,(H,19,20). The van der Waals surface area contributed by atoms with E-state index in [2.05, 4.69) is 27.0 Å². The zero-order valence-corrected chi connectivity index (χ0v) is 13.7. The minimum atomic E-state index is -1.01. The highest BCUT2D eigenvalue weighted by Crippen LogP contribution is 2.34. The van der Waals surface area contributed by atoms with E-state index in [1.54, 1.807) is 12.1 Å². The number of nitriles is 1. The Morgan fingerprint density at radius 3 is 2.71 bits per heavy atom. The van der Waals surface area contributed by atoms with Crippen LogP contribution in [-0.2, 0) is 0 Å². The molecule has 0 aliphatic heterocycles. The van der Waals surface area contributed by atoms with Crippen LogP contribution in [0.15, 0.2) is 38.7 Å². The van der Waals surface area contributed by atoms with Gasteiger partial charge in [0.25, 0.3) is 0 Å². The molecule has 0 aliphatic carbocycles. The zero-order valence-electron chi connectivity index (χ0n) is 11.3. The van der Waals surface area contributed by atoms with E-state index in [9.17, 15) is 15.2 Å². The summed E-state index contributed by atoms with van der Waals surface area (Å²) in [6.45, 7) is 3.69. The Morgan fingerprint density at radius 1 is 1.38 bits per heavy atom. The van der Waals surface area contributed by atoms with Gasteiger partial charge in [0.15, 0.2) is 0 Å². The first kappa shape index (κ1) is 15.5. The van der Waals surface area contributed by atoms with Crippen molar-refractivity contribution in [2.45, 2.75) is 23.8 Å². The second-order valence-corrected chi connectivity index (χ2v) is 6.37. The zero-order chi connectivity index (χ0) is 15.6. The first-order valence-corrected chi connectivity index (χ1v) is 7.62. The van der Waals surface area contributed by atoms with Crippen LogP contribution in [0.4, 0.5) is 0 Å². The predicted octanol–water partition coefficient (Wildman–Crippen LogP) is 4.18. The van der Waals surface area contributed by atoms with Crippen LogP contribution >= 0.6 is 27.7 Å². The minimum absolute atomic E-state index is 0.188. The first-order valence-electron chi connectivity index (χ1n) is 6.01. The monoisotopic (exact) mass is 362 g/mol. The highest BCUT2D eigenvalue weighted by molar-refractivity contribution is 9.10. The fourth-order valence-corrected chi connectivity index (χ4v) is 3.54. The molecule has 0 spiro atoms. The molecule has 0 radical (unpaired) electrons. The molecule has 4 nitrogen and oxygen atoms in total. The molecule has 0 atom stereocenters. The van der Waals surface area contributed by atoms with Gasteiger partial charge >= 0.3 is 5.97 Å². The van der Waals surface area contributed by atoms with Gasteiger partial charge in [-0.25, -0.2) is 9.78 Å². The van der Waals surface area contributed by atoms with E-state index in [0.717, 1.165) is 15.7 Å². The number of carboxylic acid groups (broad SMARTS) is 1. The third kappa shape index (κ3) is 3.43. The van der Waals surface area contributed by atoms with Gasteiger partial charge in [-0.2, -0.15) is 5.26 Å². The number of benzene rings is 1. The van der Waals surface area contributed by atoms with Crippen molar-refractivity contribution in [1.29, 1.82) is 5.26 Å². The highest BCUT2D eigenvalue weighted by Gasteiger charge is 2.16. The Balaban J connectivity index is 2.55. The van der Waals surface area contributed by atoms with Crippen LogP contribution in [0, 0.1) is 25.2 Å². The SMILES string of the molecule is Cc1cc(C)c(C#N)c(Sc2cc(Br)ccc2C(=O)O)n1. The van der Waals surface area contributed by atoms with E-state index in [-0.39, 0.29) is 5.56 Å². The van der Waals surface area contributed by atoms with Gasteiger partial charge in [-0.15, -0.1) is 0 Å². The topological polar surface area (TPSA) is 74.0 Å². The van der Waals surface area contributed by atoms with Crippen LogP contribution in [0.25, 0.3) is 0 Å². The summed E-state index contributed by atoms with van der Waals surface area (Å²) < 4.78 is 0.776. The lowest BCUT2D eigenvalue weighted by atomic mass is 10.1. The summed E-state index contributed by atoms with van der Waals surface area (Å²) in [5.74, 6) is -1.01. The van der Waals surface area contributed by atoms with Crippen LogP contribution in [0.5, 0.6) is 0 Å². The number of aryl methyl sites for hydroxylation is 2. The van der Waals surface area contributed by atoms with Gasteiger partial charge in [-0.05, 0) is 43.7 Å². The average Bonchev–Trinajstić information content (AvgIpc) is 2.37. The van der Waals surface area contributed by atoms with Crippen molar-refractivity contribution in [2.75, 3.05) is 0 Å². The summed E-state index contributed by atoms with van der Waals surface area (Å²) in [4.78, 5) is 16.2. The van der Waals surface area contributed by atoms with Crippen LogP contribution in [0.1, 0.15) is 27.2 Å². The number of hydrogen-bond donors (Lipinski definition) is 1. The predicted molar refractivity (Wildman–Crippen MR) is 83.7 cm³/mol. The van der Waals surface area contributed by atoms with E-state index in [1.165, 1.54) is 17.8 Å². The maximum absolute atomic E-state index is 11.3. The molecule has 1 N–H and O–H groups in total. The van der Waals surface area contributed by atoms with Crippen LogP contribution in [0.3, 0.4) is 0 Å². The largest absolute Gasteiger partial charge is 0.478 e. The number of pyridine rings is 1. The van der Waals surface area contributed by atoms with Crippen molar-refractivity contribution in [2.24, 2.45) is 0 Å². The molecule has 1 heterocycles. The van der Waals surface area contributed by atoms with Crippen LogP contribution in [0.2, 0.25) is 0 Å². The summed E-state index contributed by atoms with van der Waals surface area (Å²) in [6, 6.07) is 8.89. The minimum Gasteiger partial charge on any atom is -0.478 e. The Morgan fingerprint density at radius 2 is 2.10 bits per heavy atom. The molecule has 0 saturated carbocycles. The number of halogens is 1. The second kappa shape index (κ2) is 6.29. The van der Waals surface area contributed by atoms with Crippen molar-refractivity contribution >= 4 is 33.7 Å². The normalized spacial score (nSPS) is 10.2. The molecule has 2 aromatic rings. The molecule has 1 aromatic heterocycles. The Labute approximate surface area is 135 Å². The Bertz CT molecular complexity index is 769. The van der Waals surface area contributed by atoms with Crippen molar-refractivity contribution in [1.82, 2.24) is 4.98 Å². The van der Waals surface area contributed by atoms with Crippen molar-refractivity contribution in [3.63, 3.8) is 0 Å². The van der Waals surface area contributed by atoms with Crippen LogP contribution in [-0.4, -0.2) is 16.1 Å². The molecule has 1 aromatic carbocycles. The summed E-state index contributed by atoms with van der Waals surface area (Å²) in [5.41, 5.74) is 2.29. The molecule has 0 aliphatic rings. The third-order valence-corrected chi connectivity index (χ3v) is 4.34. The lowest BCUT2D eigenvalue weighted by Crippen LogP contribution is -2.00. The lowest BCUT2D eigenvalue weighted by molar-refractivity contribution is 0.0693. The maximum atomic E-state index is 11.3. The Hall–Kier alpha value is -1.84. The Kier molecular flexibility index (Phi) is 4.66. The number of aromatic carboxylic acids is 1. The van der Waals surface area contributed by atoms with E-state index in [0.29, 0.717) is 15.5 Å². The second-order valence-electron chi connectivity index (χ2n) is 4.42. The summed E-state index contributed by atoms with van der Waals surface area (Å²) in [6.07, 6.45) is 0. The molecule has 106 valence electrons. The molecule has 0 saturated heterocycles. The average molecular weight is 363 g/mol. The van der Waals surface area contributed by atoms with Gasteiger partial charge < -0.3 is 5.11 Å². The van der Waals surface area contributed by atoms with E-state index in [1.807, 2.05) is 19.9 Å². The van der Waals surface area contributed by atoms with Gasteiger partial charge in [-0.3, -0.25) is 0 Å². The maximum Gasteiger partial charge on any atom is 0.336 e. The summed E-state index contributed by atoms with van der Waals surface area (Å²) >= 11 is 4.52. The number of aromatic nitrogens is 1. The van der Waals surface area contributed by atoms with E-state index in [4.69, 9.17) is 0 Å². The molecule has 21 heavy (non-hydrogen) atoms. The molecular weight excluding hydrogens is 352 g/mol. The quantitative estimate of drug-likeness (QED) is 0.886. The van der Waals surface area contributed by atoms with E-state index >= 15 is 0 Å². The summed E-state index contributed by atoms with van der Waals surface area (Å²) in [5, 5.41) is 19.1. The van der Waals surface area contributed by atoms with Gasteiger partial charge in [0.05, 0.1) is 11.1 Å². The summed E-state index contributed by atoms with van der Waals surface area (Å²) in [7, 11) is 0. The molecular formula is C15H11BrN2O2S. The lowest BCUT2D eigenvalue weighted by Gasteiger charge is -2.09.